The van der Waals surface area contributed by atoms with Crippen molar-refractivity contribution in [1.29, 1.82) is 0 Å². The molecule has 2 aromatic rings. The predicted octanol–water partition coefficient (Wildman–Crippen LogP) is 2.40. The maximum Gasteiger partial charge on any atom is 0.260 e. The largest absolute Gasteiger partial charge is 0.374 e. The monoisotopic (exact) mass is 264 g/mol. The van der Waals surface area contributed by atoms with Crippen LogP contribution in [0.4, 0.5) is 0 Å². The first-order valence-electron chi connectivity index (χ1n) is 6.40. The second kappa shape index (κ2) is 4.82. The SMILES string of the molecule is CCCOCc1nc2sc3c(c2c(=O)[nH]1)CCC3. The van der Waals surface area contributed by atoms with Crippen molar-refractivity contribution < 1.29 is 4.74 Å². The minimum Gasteiger partial charge on any atom is -0.374 e. The van der Waals surface area contributed by atoms with E-state index in [1.807, 2.05) is 0 Å². The second-order valence-electron chi connectivity index (χ2n) is 4.60. The van der Waals surface area contributed by atoms with Gasteiger partial charge in [0, 0.05) is 11.5 Å². The molecule has 0 atom stereocenters. The summed E-state index contributed by atoms with van der Waals surface area (Å²) < 4.78 is 5.42. The van der Waals surface area contributed by atoms with Crippen LogP contribution in [0.3, 0.4) is 0 Å². The average Bonchev–Trinajstić information content (AvgIpc) is 2.88. The Morgan fingerprint density at radius 2 is 2.33 bits per heavy atom. The number of aryl methyl sites for hydroxylation is 2. The molecule has 2 aromatic heterocycles. The van der Waals surface area contributed by atoms with Crippen LogP contribution in [0.1, 0.15) is 36.0 Å². The lowest BCUT2D eigenvalue weighted by Crippen LogP contribution is -2.12. The van der Waals surface area contributed by atoms with E-state index in [2.05, 4.69) is 16.9 Å². The van der Waals surface area contributed by atoms with E-state index in [1.54, 1.807) is 11.3 Å². The number of aromatic amines is 1. The zero-order valence-corrected chi connectivity index (χ0v) is 11.2. The maximum absolute atomic E-state index is 12.1. The molecule has 0 spiro atoms. The molecule has 0 unspecified atom stereocenters. The molecule has 3 rings (SSSR count). The van der Waals surface area contributed by atoms with E-state index in [0.717, 1.165) is 35.9 Å². The van der Waals surface area contributed by atoms with Crippen LogP contribution >= 0.6 is 11.3 Å². The number of nitrogens with one attached hydrogen (secondary N) is 1. The normalized spacial score (nSPS) is 14.3. The summed E-state index contributed by atoms with van der Waals surface area (Å²) in [7, 11) is 0. The summed E-state index contributed by atoms with van der Waals surface area (Å²) in [6.07, 6.45) is 4.25. The van der Waals surface area contributed by atoms with E-state index in [9.17, 15) is 4.79 Å². The Balaban J connectivity index is 1.98. The number of nitrogens with zero attached hydrogens (tertiary/aromatic N) is 1. The van der Waals surface area contributed by atoms with E-state index in [0.29, 0.717) is 19.0 Å². The van der Waals surface area contributed by atoms with Gasteiger partial charge in [-0.15, -0.1) is 11.3 Å². The Morgan fingerprint density at radius 3 is 3.17 bits per heavy atom. The molecule has 0 saturated heterocycles. The zero-order chi connectivity index (χ0) is 12.5. The number of aromatic nitrogens is 2. The first kappa shape index (κ1) is 11.9. The van der Waals surface area contributed by atoms with Gasteiger partial charge in [0.05, 0.1) is 5.39 Å². The summed E-state index contributed by atoms with van der Waals surface area (Å²) in [6, 6.07) is 0. The van der Waals surface area contributed by atoms with Crippen molar-refractivity contribution in [2.75, 3.05) is 6.61 Å². The van der Waals surface area contributed by atoms with Gasteiger partial charge in [0.25, 0.3) is 5.56 Å². The van der Waals surface area contributed by atoms with E-state index < -0.39 is 0 Å². The van der Waals surface area contributed by atoms with Crippen LogP contribution in [0.2, 0.25) is 0 Å². The number of hydrogen-bond donors (Lipinski definition) is 1. The maximum atomic E-state index is 12.1. The number of rotatable bonds is 4. The third-order valence-corrected chi connectivity index (χ3v) is 4.40. The Morgan fingerprint density at radius 1 is 1.44 bits per heavy atom. The van der Waals surface area contributed by atoms with Gasteiger partial charge in [0.2, 0.25) is 0 Å². The first-order chi connectivity index (χ1) is 8.79. The molecule has 18 heavy (non-hydrogen) atoms. The van der Waals surface area contributed by atoms with Gasteiger partial charge in [-0.05, 0) is 31.2 Å². The van der Waals surface area contributed by atoms with E-state index >= 15 is 0 Å². The number of thiophene rings is 1. The molecule has 0 radical (unpaired) electrons. The van der Waals surface area contributed by atoms with Crippen molar-refractivity contribution in [3.63, 3.8) is 0 Å². The number of hydrogen-bond acceptors (Lipinski definition) is 4. The van der Waals surface area contributed by atoms with Gasteiger partial charge >= 0.3 is 0 Å². The van der Waals surface area contributed by atoms with Crippen LogP contribution in [-0.4, -0.2) is 16.6 Å². The fourth-order valence-corrected chi connectivity index (χ4v) is 3.71. The standard InChI is InChI=1S/C13H16N2O2S/c1-2-6-17-7-10-14-12(16)11-8-4-3-5-9(8)18-13(11)15-10/h2-7H2,1H3,(H,14,15,16). The zero-order valence-electron chi connectivity index (χ0n) is 10.4. The highest BCUT2D eigenvalue weighted by molar-refractivity contribution is 7.18. The van der Waals surface area contributed by atoms with Crippen molar-refractivity contribution in [1.82, 2.24) is 9.97 Å². The minimum atomic E-state index is -0.00509. The van der Waals surface area contributed by atoms with E-state index in [-0.39, 0.29) is 5.56 Å². The second-order valence-corrected chi connectivity index (χ2v) is 5.69. The summed E-state index contributed by atoms with van der Waals surface area (Å²) in [5.74, 6) is 0.640. The lowest BCUT2D eigenvalue weighted by atomic mass is 10.2. The highest BCUT2D eigenvalue weighted by atomic mass is 32.1. The molecule has 96 valence electrons. The molecule has 0 aliphatic heterocycles. The Bertz CT molecular complexity index is 630. The molecule has 0 fully saturated rings. The molecular weight excluding hydrogens is 248 g/mol. The Kier molecular flexibility index (Phi) is 3.18. The number of H-pyrrole nitrogens is 1. The molecule has 1 aliphatic rings. The lowest BCUT2D eigenvalue weighted by molar-refractivity contribution is 0.116. The predicted molar refractivity (Wildman–Crippen MR) is 72.2 cm³/mol. The molecule has 5 heteroatoms. The average molecular weight is 264 g/mol. The molecule has 4 nitrogen and oxygen atoms in total. The molecule has 0 bridgehead atoms. The van der Waals surface area contributed by atoms with Gasteiger partial charge in [0.15, 0.2) is 0 Å². The highest BCUT2D eigenvalue weighted by Gasteiger charge is 2.20. The third kappa shape index (κ3) is 1.97. The summed E-state index contributed by atoms with van der Waals surface area (Å²) in [6.45, 7) is 3.15. The Labute approximate surface area is 109 Å². The molecule has 0 amide bonds. The highest BCUT2D eigenvalue weighted by Crippen LogP contribution is 2.34. The molecule has 0 aromatic carbocycles. The number of ether oxygens (including phenoxy) is 1. The van der Waals surface area contributed by atoms with Crippen molar-refractivity contribution in [3.8, 4) is 0 Å². The summed E-state index contributed by atoms with van der Waals surface area (Å²) in [5, 5.41) is 0.812. The van der Waals surface area contributed by atoms with Crippen LogP contribution < -0.4 is 5.56 Å². The molecule has 0 saturated carbocycles. The van der Waals surface area contributed by atoms with Crippen molar-refractivity contribution in [2.45, 2.75) is 39.2 Å². The molecule has 1 aliphatic carbocycles. The summed E-state index contributed by atoms with van der Waals surface area (Å²) in [4.78, 5) is 21.7. The summed E-state index contributed by atoms with van der Waals surface area (Å²) in [5.41, 5.74) is 1.22. The topological polar surface area (TPSA) is 55.0 Å². The fraction of sp³-hybridized carbons (Fsp3) is 0.538. The van der Waals surface area contributed by atoms with Crippen LogP contribution in [0.15, 0.2) is 4.79 Å². The van der Waals surface area contributed by atoms with E-state index in [1.165, 1.54) is 10.4 Å². The van der Waals surface area contributed by atoms with Crippen molar-refractivity contribution in [3.05, 3.63) is 26.6 Å². The first-order valence-corrected chi connectivity index (χ1v) is 7.22. The van der Waals surface area contributed by atoms with Gasteiger partial charge < -0.3 is 9.72 Å². The number of fused-ring (bicyclic) bond motifs is 3. The van der Waals surface area contributed by atoms with Crippen LogP contribution in [0.25, 0.3) is 10.2 Å². The molecule has 2 heterocycles. The van der Waals surface area contributed by atoms with E-state index in [4.69, 9.17) is 4.74 Å². The van der Waals surface area contributed by atoms with Gasteiger partial charge in [0.1, 0.15) is 17.3 Å². The quantitative estimate of drug-likeness (QED) is 0.863. The summed E-state index contributed by atoms with van der Waals surface area (Å²) >= 11 is 1.67. The van der Waals surface area contributed by atoms with Gasteiger partial charge in [-0.3, -0.25) is 4.79 Å². The van der Waals surface area contributed by atoms with Crippen LogP contribution in [0, 0.1) is 0 Å². The molecular formula is C13H16N2O2S. The van der Waals surface area contributed by atoms with Gasteiger partial charge in [-0.2, -0.15) is 0 Å². The van der Waals surface area contributed by atoms with Gasteiger partial charge in [-0.1, -0.05) is 6.92 Å². The van der Waals surface area contributed by atoms with Crippen molar-refractivity contribution >= 4 is 21.6 Å². The Hall–Kier alpha value is -1.20. The fourth-order valence-electron chi connectivity index (χ4n) is 2.43. The van der Waals surface area contributed by atoms with Crippen LogP contribution in [0.5, 0.6) is 0 Å². The lowest BCUT2D eigenvalue weighted by Gasteiger charge is -2.02. The van der Waals surface area contributed by atoms with Gasteiger partial charge in [-0.25, -0.2) is 4.98 Å². The van der Waals surface area contributed by atoms with Crippen LogP contribution in [-0.2, 0) is 24.2 Å². The minimum absolute atomic E-state index is 0.00509. The third-order valence-electron chi connectivity index (χ3n) is 3.21. The molecule has 1 N–H and O–H groups in total. The van der Waals surface area contributed by atoms with Crippen molar-refractivity contribution in [2.24, 2.45) is 0 Å². The smallest absolute Gasteiger partial charge is 0.260 e.